The van der Waals surface area contributed by atoms with Gasteiger partial charge in [-0.25, -0.2) is 0 Å². The number of hydrogen-bond donors (Lipinski definition) is 3. The smallest absolute Gasteiger partial charge is 0.244 e. The number of carbonyl (C=O) groups is 3. The lowest BCUT2D eigenvalue weighted by Gasteiger charge is -2.40. The van der Waals surface area contributed by atoms with Crippen LogP contribution >= 0.6 is 11.8 Å². The maximum atomic E-state index is 13.9. The molecule has 7 nitrogen and oxygen atoms in total. The predicted octanol–water partition coefficient (Wildman–Crippen LogP) is 1.68. The van der Waals surface area contributed by atoms with Crippen molar-refractivity contribution in [2.75, 3.05) is 13.7 Å². The maximum Gasteiger partial charge on any atom is 0.244 e. The third-order valence-electron chi connectivity index (χ3n) is 8.33. The molecule has 1 saturated carbocycles. The molecule has 0 aromatic rings. The first-order valence-electron chi connectivity index (χ1n) is 12.0. The Balaban J connectivity index is 1.71. The fourth-order valence-corrected chi connectivity index (χ4v) is 8.76. The molecule has 4 rings (SSSR count). The second-order valence-electron chi connectivity index (χ2n) is 9.89. The molecular weight excluding hydrogens is 414 g/mol. The van der Waals surface area contributed by atoms with Crippen LogP contribution in [0.15, 0.2) is 0 Å². The highest BCUT2D eigenvalue weighted by atomic mass is 32.2. The third kappa shape index (κ3) is 3.58. The zero-order valence-corrected chi connectivity index (χ0v) is 19.7. The Hall–Kier alpha value is -1.28. The highest BCUT2D eigenvalue weighted by molar-refractivity contribution is 8.02. The molecule has 1 spiro atoms. The van der Waals surface area contributed by atoms with Gasteiger partial charge in [0.15, 0.2) is 0 Å². The lowest BCUT2D eigenvalue weighted by molar-refractivity contribution is -0.144. The maximum absolute atomic E-state index is 13.9. The molecule has 4 fully saturated rings. The van der Waals surface area contributed by atoms with Gasteiger partial charge >= 0.3 is 0 Å². The van der Waals surface area contributed by atoms with Gasteiger partial charge in [-0.15, -0.1) is 11.8 Å². The molecule has 3 aliphatic heterocycles. The Bertz CT molecular complexity index is 728. The van der Waals surface area contributed by atoms with E-state index in [2.05, 4.69) is 10.6 Å². The number of amides is 3. The number of hydrogen-bond acceptors (Lipinski definition) is 5. The van der Waals surface area contributed by atoms with Crippen molar-refractivity contribution in [3.63, 3.8) is 0 Å². The summed E-state index contributed by atoms with van der Waals surface area (Å²) in [5, 5.41) is 16.4. The first-order valence-corrected chi connectivity index (χ1v) is 12.9. The van der Waals surface area contributed by atoms with Gasteiger partial charge in [-0.3, -0.25) is 14.4 Å². The largest absolute Gasteiger partial charge is 0.394 e. The van der Waals surface area contributed by atoms with Crippen molar-refractivity contribution < 1.29 is 19.5 Å². The summed E-state index contributed by atoms with van der Waals surface area (Å²) in [7, 11) is 1.62. The van der Waals surface area contributed by atoms with Crippen molar-refractivity contribution in [1.29, 1.82) is 0 Å². The summed E-state index contributed by atoms with van der Waals surface area (Å²) in [6.07, 6.45) is 7.82. The molecule has 8 heteroatoms. The number of nitrogens with zero attached hydrogens (tertiary/aromatic N) is 1. The summed E-state index contributed by atoms with van der Waals surface area (Å²) < 4.78 is -0.571. The second kappa shape index (κ2) is 8.93. The fraction of sp³-hybridized carbons (Fsp3) is 0.870. The minimum atomic E-state index is -0.622. The van der Waals surface area contributed by atoms with Crippen LogP contribution in [-0.4, -0.2) is 69.5 Å². The highest BCUT2D eigenvalue weighted by Gasteiger charge is 2.74. The molecule has 3 N–H and O–H groups in total. The van der Waals surface area contributed by atoms with E-state index in [1.807, 2.05) is 13.8 Å². The van der Waals surface area contributed by atoms with Gasteiger partial charge in [-0.2, -0.15) is 0 Å². The molecule has 7 atom stereocenters. The fourth-order valence-electron chi connectivity index (χ4n) is 6.56. The molecule has 1 aliphatic carbocycles. The third-order valence-corrected chi connectivity index (χ3v) is 10.3. The van der Waals surface area contributed by atoms with Gasteiger partial charge in [0.25, 0.3) is 0 Å². The number of nitrogens with one attached hydrogen (secondary N) is 2. The van der Waals surface area contributed by atoms with Crippen LogP contribution in [0.1, 0.15) is 65.2 Å². The molecule has 3 amide bonds. The average molecular weight is 452 g/mol. The van der Waals surface area contributed by atoms with E-state index < -0.39 is 28.7 Å². The molecule has 0 aromatic heterocycles. The summed E-state index contributed by atoms with van der Waals surface area (Å²) in [6.45, 7) is 3.89. The van der Waals surface area contributed by atoms with E-state index in [-0.39, 0.29) is 41.5 Å². The van der Waals surface area contributed by atoms with E-state index in [1.54, 1.807) is 23.7 Å². The van der Waals surface area contributed by atoms with Crippen LogP contribution in [0.4, 0.5) is 0 Å². The number of likely N-dealkylation sites (tertiary alicyclic amines) is 1. The number of rotatable bonds is 7. The molecule has 3 saturated heterocycles. The first kappa shape index (κ1) is 22.9. The van der Waals surface area contributed by atoms with Gasteiger partial charge in [0.1, 0.15) is 6.04 Å². The van der Waals surface area contributed by atoms with Crippen molar-refractivity contribution in [2.24, 2.45) is 17.8 Å². The number of aliphatic hydroxyl groups is 1. The van der Waals surface area contributed by atoms with Gasteiger partial charge in [0.05, 0.1) is 29.2 Å². The van der Waals surface area contributed by atoms with Crippen LogP contribution < -0.4 is 10.6 Å². The van der Waals surface area contributed by atoms with Crippen LogP contribution in [0, 0.1) is 17.8 Å². The lowest BCUT2D eigenvalue weighted by atomic mass is 9.70. The van der Waals surface area contributed by atoms with Crippen LogP contribution in [-0.2, 0) is 14.4 Å². The quantitative estimate of drug-likeness (QED) is 0.547. The molecule has 174 valence electrons. The van der Waals surface area contributed by atoms with Crippen molar-refractivity contribution in [3.8, 4) is 0 Å². The molecule has 4 aliphatic rings. The van der Waals surface area contributed by atoms with Gasteiger partial charge in [-0.05, 0) is 31.6 Å². The zero-order valence-electron chi connectivity index (χ0n) is 18.9. The number of thioether (sulfide) groups is 1. The molecule has 2 bridgehead atoms. The van der Waals surface area contributed by atoms with Gasteiger partial charge in [-0.1, -0.05) is 39.5 Å². The van der Waals surface area contributed by atoms with E-state index in [1.165, 1.54) is 6.42 Å². The van der Waals surface area contributed by atoms with Crippen LogP contribution in [0.5, 0.6) is 0 Å². The van der Waals surface area contributed by atoms with Crippen molar-refractivity contribution >= 4 is 29.5 Å². The zero-order chi connectivity index (χ0) is 22.3. The number of fused-ring (bicyclic) bond motifs is 1. The van der Waals surface area contributed by atoms with Gasteiger partial charge in [0, 0.05) is 18.3 Å². The summed E-state index contributed by atoms with van der Waals surface area (Å²) in [6, 6.07) is -0.879. The van der Waals surface area contributed by atoms with E-state index in [0.29, 0.717) is 0 Å². The molecule has 2 unspecified atom stereocenters. The van der Waals surface area contributed by atoms with Gasteiger partial charge < -0.3 is 20.6 Å². The number of aliphatic hydroxyl groups excluding tert-OH is 1. The summed E-state index contributed by atoms with van der Waals surface area (Å²) in [5.41, 5.74) is 0. The SMILES string of the molecule is CC[C@H](C)[C@H](CO)N1C(=O)[C@@H]2[C@@H](C(=O)NC)[C@H]3CCC2(S3)C1C(=O)NC1CCCCC1. The van der Waals surface area contributed by atoms with Crippen LogP contribution in [0.2, 0.25) is 0 Å². The second-order valence-corrected chi connectivity index (χ2v) is 11.5. The molecule has 0 radical (unpaired) electrons. The molecular formula is C23H37N3O4S. The summed E-state index contributed by atoms with van der Waals surface area (Å²) in [5.74, 6) is -1.13. The van der Waals surface area contributed by atoms with Gasteiger partial charge in [0.2, 0.25) is 17.7 Å². The van der Waals surface area contributed by atoms with E-state index in [9.17, 15) is 19.5 Å². The number of carbonyl (C=O) groups excluding carboxylic acids is 3. The Labute approximate surface area is 189 Å². The highest BCUT2D eigenvalue weighted by Crippen LogP contribution is 2.66. The Kier molecular flexibility index (Phi) is 6.59. The monoisotopic (exact) mass is 451 g/mol. The van der Waals surface area contributed by atoms with E-state index in [4.69, 9.17) is 0 Å². The minimum absolute atomic E-state index is 0.0646. The standard InChI is InChI=1S/C23H37N3O4S/c1-4-13(2)15(12-27)26-19(21(29)25-14-8-6-5-7-9-14)23-11-10-16(31-23)17(20(28)24-3)18(23)22(26)30/h13-19,27H,4-12H2,1-3H3,(H,24,28)(H,25,29)/t13-,15-,16+,17-,18-,19?,23?/m0/s1. The summed E-state index contributed by atoms with van der Waals surface area (Å²) in [4.78, 5) is 42.1. The van der Waals surface area contributed by atoms with Crippen LogP contribution in [0.3, 0.4) is 0 Å². The normalized spacial score (nSPS) is 36.9. The van der Waals surface area contributed by atoms with Crippen LogP contribution in [0.25, 0.3) is 0 Å². The summed E-state index contributed by atoms with van der Waals surface area (Å²) >= 11 is 1.69. The first-order chi connectivity index (χ1) is 14.9. The predicted molar refractivity (Wildman–Crippen MR) is 120 cm³/mol. The van der Waals surface area contributed by atoms with E-state index in [0.717, 1.165) is 44.9 Å². The van der Waals surface area contributed by atoms with E-state index >= 15 is 0 Å². The molecule has 0 aromatic carbocycles. The Morgan fingerprint density at radius 2 is 1.94 bits per heavy atom. The molecule has 3 heterocycles. The Morgan fingerprint density at radius 1 is 1.23 bits per heavy atom. The van der Waals surface area contributed by atoms with Crippen molar-refractivity contribution in [3.05, 3.63) is 0 Å². The lowest BCUT2D eigenvalue weighted by Crippen LogP contribution is -2.59. The minimum Gasteiger partial charge on any atom is -0.394 e. The van der Waals surface area contributed by atoms with Crippen molar-refractivity contribution in [1.82, 2.24) is 15.5 Å². The molecule has 31 heavy (non-hydrogen) atoms. The topological polar surface area (TPSA) is 98.7 Å². The average Bonchev–Trinajstić information content (AvgIpc) is 3.42. The van der Waals surface area contributed by atoms with Crippen molar-refractivity contribution in [2.45, 2.75) is 93.3 Å². The Morgan fingerprint density at radius 3 is 2.55 bits per heavy atom.